The van der Waals surface area contributed by atoms with Crippen molar-refractivity contribution in [1.29, 1.82) is 0 Å². The first-order valence-electron chi connectivity index (χ1n) is 8.09. The number of hydrogen-bond acceptors (Lipinski definition) is 4. The van der Waals surface area contributed by atoms with Gasteiger partial charge in [0.1, 0.15) is 11.0 Å². The summed E-state index contributed by atoms with van der Waals surface area (Å²) in [6.07, 6.45) is 0. The Morgan fingerprint density at radius 3 is 2.44 bits per heavy atom. The van der Waals surface area contributed by atoms with Gasteiger partial charge in [-0.05, 0) is 30.3 Å². The summed E-state index contributed by atoms with van der Waals surface area (Å²) in [5, 5.41) is 1.05. The van der Waals surface area contributed by atoms with E-state index in [9.17, 15) is 4.79 Å². The molecule has 0 bridgehead atoms. The molecule has 1 aromatic heterocycles. The molecule has 0 spiro atoms. The first kappa shape index (κ1) is 17.8. The fourth-order valence-corrected chi connectivity index (χ4v) is 3.25. The van der Waals surface area contributed by atoms with E-state index < -0.39 is 0 Å². The van der Waals surface area contributed by atoms with E-state index in [0.717, 1.165) is 23.8 Å². The Labute approximate surface area is 157 Å². The van der Waals surface area contributed by atoms with Crippen LogP contribution in [0.5, 0.6) is 0 Å². The van der Waals surface area contributed by atoms with Gasteiger partial charge >= 0.3 is 0 Å². The molecule has 1 aliphatic rings. The Morgan fingerprint density at radius 2 is 1.80 bits per heavy atom. The molecule has 1 aliphatic heterocycles. The van der Waals surface area contributed by atoms with Crippen LogP contribution < -0.4 is 9.80 Å². The molecule has 1 aromatic carbocycles. The minimum Gasteiger partial charge on any atom is -0.368 e. The highest BCUT2D eigenvalue weighted by Crippen LogP contribution is 2.22. The summed E-state index contributed by atoms with van der Waals surface area (Å²) < 4.78 is 0. The molecule has 0 unspecified atom stereocenters. The molecule has 1 saturated heterocycles. The summed E-state index contributed by atoms with van der Waals surface area (Å²) in [5.74, 6) is 0.659. The fraction of sp³-hybridized carbons (Fsp3) is 0.333. The highest BCUT2D eigenvalue weighted by atomic mass is 35.5. The van der Waals surface area contributed by atoms with Crippen molar-refractivity contribution in [2.24, 2.45) is 0 Å². The third-order valence-corrected chi connectivity index (χ3v) is 4.65. The van der Waals surface area contributed by atoms with Gasteiger partial charge < -0.3 is 14.7 Å². The van der Waals surface area contributed by atoms with Crippen molar-refractivity contribution in [3.8, 4) is 0 Å². The fourth-order valence-electron chi connectivity index (χ4n) is 2.86. The summed E-state index contributed by atoms with van der Waals surface area (Å²) in [5.41, 5.74) is 1.65. The number of rotatable bonds is 3. The molecular weight excluding hydrogens is 359 g/mol. The standard InChI is InChI=1S/C18H20Cl2N4O/c1-22(2)17-11-13(10-16(20)21-17)18(25)24-8-6-23(7-9-24)15-5-3-4-14(19)12-15/h3-5,10-12H,6-9H2,1-2H3. The highest BCUT2D eigenvalue weighted by Gasteiger charge is 2.23. The number of piperazine rings is 1. The molecule has 1 fully saturated rings. The van der Waals surface area contributed by atoms with E-state index in [1.807, 2.05) is 48.2 Å². The quantitative estimate of drug-likeness (QED) is 0.767. The van der Waals surface area contributed by atoms with Crippen molar-refractivity contribution in [3.63, 3.8) is 0 Å². The maximum absolute atomic E-state index is 12.8. The van der Waals surface area contributed by atoms with Gasteiger partial charge in [-0.1, -0.05) is 29.3 Å². The molecule has 0 aliphatic carbocycles. The third kappa shape index (κ3) is 4.17. The maximum atomic E-state index is 12.8. The Kier molecular flexibility index (Phi) is 5.35. The number of hydrogen-bond donors (Lipinski definition) is 0. The molecular formula is C18H20Cl2N4O. The zero-order valence-corrected chi connectivity index (χ0v) is 15.8. The number of halogens is 2. The monoisotopic (exact) mass is 378 g/mol. The van der Waals surface area contributed by atoms with Crippen LogP contribution in [0, 0.1) is 0 Å². The van der Waals surface area contributed by atoms with Crippen molar-refractivity contribution in [3.05, 3.63) is 52.1 Å². The van der Waals surface area contributed by atoms with Gasteiger partial charge in [-0.2, -0.15) is 0 Å². The predicted octanol–water partition coefficient (Wildman–Crippen LogP) is 3.42. The van der Waals surface area contributed by atoms with Crippen LogP contribution in [0.25, 0.3) is 0 Å². The van der Waals surface area contributed by atoms with Gasteiger partial charge in [0.05, 0.1) is 0 Å². The zero-order valence-electron chi connectivity index (χ0n) is 14.2. The second-order valence-corrected chi connectivity index (χ2v) is 7.01. The van der Waals surface area contributed by atoms with Crippen LogP contribution >= 0.6 is 23.2 Å². The Morgan fingerprint density at radius 1 is 1.08 bits per heavy atom. The normalized spacial score (nSPS) is 14.6. The third-order valence-electron chi connectivity index (χ3n) is 4.23. The summed E-state index contributed by atoms with van der Waals surface area (Å²) in [7, 11) is 3.74. The molecule has 25 heavy (non-hydrogen) atoms. The number of aromatic nitrogens is 1. The van der Waals surface area contributed by atoms with Crippen molar-refractivity contribution in [2.45, 2.75) is 0 Å². The zero-order chi connectivity index (χ0) is 18.0. The molecule has 0 N–H and O–H groups in total. The molecule has 2 heterocycles. The maximum Gasteiger partial charge on any atom is 0.254 e. The lowest BCUT2D eigenvalue weighted by Gasteiger charge is -2.36. The molecule has 0 atom stereocenters. The summed E-state index contributed by atoms with van der Waals surface area (Å²) in [4.78, 5) is 22.9. The van der Waals surface area contributed by atoms with E-state index in [-0.39, 0.29) is 5.91 Å². The van der Waals surface area contributed by atoms with Crippen molar-refractivity contribution < 1.29 is 4.79 Å². The smallest absolute Gasteiger partial charge is 0.254 e. The van der Waals surface area contributed by atoms with Gasteiger partial charge in [0.2, 0.25) is 0 Å². The molecule has 7 heteroatoms. The number of carbonyl (C=O) groups excluding carboxylic acids is 1. The van der Waals surface area contributed by atoms with Crippen LogP contribution in [0.3, 0.4) is 0 Å². The van der Waals surface area contributed by atoms with Crippen LogP contribution in [0.2, 0.25) is 10.2 Å². The first-order chi connectivity index (χ1) is 11.9. The summed E-state index contributed by atoms with van der Waals surface area (Å²) in [6, 6.07) is 11.2. The van der Waals surface area contributed by atoms with Gasteiger partial charge in [-0.15, -0.1) is 0 Å². The van der Waals surface area contributed by atoms with Crippen molar-refractivity contribution >= 4 is 40.6 Å². The predicted molar refractivity (Wildman–Crippen MR) is 103 cm³/mol. The van der Waals surface area contributed by atoms with Crippen molar-refractivity contribution in [2.75, 3.05) is 50.1 Å². The van der Waals surface area contributed by atoms with E-state index in [1.165, 1.54) is 0 Å². The van der Waals surface area contributed by atoms with Gasteiger partial charge in [0.15, 0.2) is 0 Å². The molecule has 132 valence electrons. The van der Waals surface area contributed by atoms with Gasteiger partial charge in [-0.3, -0.25) is 4.79 Å². The van der Waals surface area contributed by atoms with Gasteiger partial charge in [-0.25, -0.2) is 4.98 Å². The van der Waals surface area contributed by atoms with Crippen LogP contribution in [0.1, 0.15) is 10.4 Å². The molecule has 0 radical (unpaired) electrons. The van der Waals surface area contributed by atoms with E-state index in [4.69, 9.17) is 23.2 Å². The van der Waals surface area contributed by atoms with Crippen LogP contribution in [-0.4, -0.2) is 56.1 Å². The largest absolute Gasteiger partial charge is 0.368 e. The van der Waals surface area contributed by atoms with Crippen LogP contribution in [-0.2, 0) is 0 Å². The number of carbonyl (C=O) groups is 1. The number of benzene rings is 1. The Balaban J connectivity index is 1.69. The second-order valence-electron chi connectivity index (χ2n) is 6.19. The lowest BCUT2D eigenvalue weighted by atomic mass is 10.2. The number of nitrogens with zero attached hydrogens (tertiary/aromatic N) is 4. The van der Waals surface area contributed by atoms with Gasteiger partial charge in [0, 0.05) is 56.5 Å². The molecule has 5 nitrogen and oxygen atoms in total. The van der Waals surface area contributed by atoms with Gasteiger partial charge in [0.25, 0.3) is 5.91 Å². The Hall–Kier alpha value is -1.98. The lowest BCUT2D eigenvalue weighted by molar-refractivity contribution is 0.0746. The molecule has 3 rings (SSSR count). The van der Waals surface area contributed by atoms with Crippen LogP contribution in [0.15, 0.2) is 36.4 Å². The molecule has 0 saturated carbocycles. The molecule has 2 aromatic rings. The van der Waals surface area contributed by atoms with E-state index in [0.29, 0.717) is 29.6 Å². The average Bonchev–Trinajstić information content (AvgIpc) is 2.60. The van der Waals surface area contributed by atoms with Crippen LogP contribution in [0.4, 0.5) is 11.5 Å². The van der Waals surface area contributed by atoms with Crippen molar-refractivity contribution in [1.82, 2.24) is 9.88 Å². The number of pyridine rings is 1. The number of amides is 1. The van der Waals surface area contributed by atoms with E-state index in [2.05, 4.69) is 9.88 Å². The highest BCUT2D eigenvalue weighted by molar-refractivity contribution is 6.30. The minimum absolute atomic E-state index is 0.0156. The summed E-state index contributed by atoms with van der Waals surface area (Å²) >= 11 is 12.1. The summed E-state index contributed by atoms with van der Waals surface area (Å²) in [6.45, 7) is 2.85. The minimum atomic E-state index is -0.0156. The lowest BCUT2D eigenvalue weighted by Crippen LogP contribution is -2.48. The van der Waals surface area contributed by atoms with E-state index in [1.54, 1.807) is 12.1 Å². The second kappa shape index (κ2) is 7.50. The SMILES string of the molecule is CN(C)c1cc(C(=O)N2CCN(c3cccc(Cl)c3)CC2)cc(Cl)n1. The van der Waals surface area contributed by atoms with E-state index >= 15 is 0 Å². The first-order valence-corrected chi connectivity index (χ1v) is 8.84. The Bertz CT molecular complexity index is 773. The molecule has 1 amide bonds. The average molecular weight is 379 g/mol. The number of anilines is 2. The topological polar surface area (TPSA) is 39.7 Å².